The second kappa shape index (κ2) is 6.34. The Balaban J connectivity index is 2.38. The van der Waals surface area contributed by atoms with Crippen LogP contribution in [0.1, 0.15) is 45.4 Å². The van der Waals surface area contributed by atoms with Crippen molar-refractivity contribution in [3.63, 3.8) is 0 Å². The molecule has 1 atom stereocenters. The van der Waals surface area contributed by atoms with Crippen LogP contribution in [0.3, 0.4) is 0 Å². The molecule has 0 aromatic rings. The molecule has 1 saturated carbocycles. The molecular formula is C12H21N3. The fourth-order valence-corrected chi connectivity index (χ4v) is 1.93. The Labute approximate surface area is 92.5 Å². The van der Waals surface area contributed by atoms with Crippen LogP contribution in [-0.2, 0) is 0 Å². The summed E-state index contributed by atoms with van der Waals surface area (Å²) in [6, 6.07) is 0.442. The van der Waals surface area contributed by atoms with Crippen molar-refractivity contribution in [2.24, 2.45) is 10.7 Å². The number of nitrogens with one attached hydrogen (secondary N) is 1. The van der Waals surface area contributed by atoms with E-state index in [4.69, 9.17) is 12.2 Å². The van der Waals surface area contributed by atoms with Crippen molar-refractivity contribution < 1.29 is 0 Å². The molecule has 3 nitrogen and oxygen atoms in total. The number of terminal acetylenes is 1. The van der Waals surface area contributed by atoms with Crippen molar-refractivity contribution in [3.8, 4) is 12.3 Å². The Morgan fingerprint density at radius 3 is 2.80 bits per heavy atom. The van der Waals surface area contributed by atoms with Crippen molar-refractivity contribution in [3.05, 3.63) is 0 Å². The van der Waals surface area contributed by atoms with E-state index in [9.17, 15) is 0 Å². The summed E-state index contributed by atoms with van der Waals surface area (Å²) in [5.41, 5.74) is 5.80. The van der Waals surface area contributed by atoms with Crippen molar-refractivity contribution in [1.82, 2.24) is 5.32 Å². The molecule has 0 bridgehead atoms. The zero-order valence-corrected chi connectivity index (χ0v) is 9.50. The van der Waals surface area contributed by atoms with Gasteiger partial charge in [-0.3, -0.25) is 4.99 Å². The van der Waals surface area contributed by atoms with Gasteiger partial charge in [0.25, 0.3) is 0 Å². The predicted molar refractivity (Wildman–Crippen MR) is 64.5 cm³/mol. The second-order valence-electron chi connectivity index (χ2n) is 4.10. The summed E-state index contributed by atoms with van der Waals surface area (Å²) in [6.45, 7) is 2.11. The monoisotopic (exact) mass is 207 g/mol. The van der Waals surface area contributed by atoms with Gasteiger partial charge in [-0.05, 0) is 19.3 Å². The molecule has 1 rings (SSSR count). The molecule has 0 heterocycles. The van der Waals surface area contributed by atoms with E-state index in [1.807, 2.05) is 0 Å². The molecular weight excluding hydrogens is 186 g/mol. The highest BCUT2D eigenvalue weighted by molar-refractivity contribution is 5.78. The number of nitrogens with two attached hydrogens (primary N) is 1. The standard InChI is InChI=1S/C12H21N3/c1-3-7-10(4-2)14-12(13)15-11-8-5-6-9-11/h2,10-11H,3,5-9H2,1H3,(H3,13,14,15). The van der Waals surface area contributed by atoms with E-state index in [0.717, 1.165) is 25.7 Å². The second-order valence-corrected chi connectivity index (χ2v) is 4.10. The van der Waals surface area contributed by atoms with E-state index in [2.05, 4.69) is 23.2 Å². The third-order valence-electron chi connectivity index (χ3n) is 2.75. The summed E-state index contributed by atoms with van der Waals surface area (Å²) in [5, 5.41) is 3.09. The number of rotatable bonds is 4. The van der Waals surface area contributed by atoms with E-state index in [-0.39, 0.29) is 6.04 Å². The summed E-state index contributed by atoms with van der Waals surface area (Å²) in [6.07, 6.45) is 12.3. The zero-order valence-electron chi connectivity index (χ0n) is 9.50. The van der Waals surface area contributed by atoms with E-state index in [1.165, 1.54) is 12.8 Å². The maximum absolute atomic E-state index is 5.80. The van der Waals surface area contributed by atoms with Gasteiger partial charge in [-0.15, -0.1) is 6.42 Å². The molecule has 1 aliphatic carbocycles. The van der Waals surface area contributed by atoms with Crippen LogP contribution in [-0.4, -0.2) is 18.0 Å². The van der Waals surface area contributed by atoms with Crippen LogP contribution in [0, 0.1) is 12.3 Å². The summed E-state index contributed by atoms with van der Waals surface area (Å²) in [4.78, 5) is 4.43. The molecule has 0 radical (unpaired) electrons. The molecule has 3 N–H and O–H groups in total. The average molecular weight is 207 g/mol. The van der Waals surface area contributed by atoms with Crippen LogP contribution in [0.15, 0.2) is 4.99 Å². The summed E-state index contributed by atoms with van der Waals surface area (Å²) in [5.74, 6) is 3.20. The Morgan fingerprint density at radius 1 is 1.60 bits per heavy atom. The highest BCUT2D eigenvalue weighted by Gasteiger charge is 2.14. The normalized spacial score (nSPS) is 19.9. The molecule has 0 aromatic carbocycles. The van der Waals surface area contributed by atoms with Gasteiger partial charge in [0.1, 0.15) is 0 Å². The zero-order chi connectivity index (χ0) is 11.1. The van der Waals surface area contributed by atoms with Gasteiger partial charge >= 0.3 is 0 Å². The van der Waals surface area contributed by atoms with Gasteiger partial charge in [0.15, 0.2) is 5.96 Å². The SMILES string of the molecule is C#CC(CCC)NC(N)=NC1CCCC1. The molecule has 1 unspecified atom stereocenters. The maximum atomic E-state index is 5.80. The minimum Gasteiger partial charge on any atom is -0.370 e. The number of hydrogen-bond acceptors (Lipinski definition) is 1. The van der Waals surface area contributed by atoms with Gasteiger partial charge in [0.05, 0.1) is 12.1 Å². The molecule has 84 valence electrons. The molecule has 0 aromatic heterocycles. The first-order valence-electron chi connectivity index (χ1n) is 5.82. The van der Waals surface area contributed by atoms with E-state index < -0.39 is 0 Å². The van der Waals surface area contributed by atoms with Crippen molar-refractivity contribution >= 4 is 5.96 Å². The van der Waals surface area contributed by atoms with E-state index in [0.29, 0.717) is 12.0 Å². The van der Waals surface area contributed by atoms with Crippen molar-refractivity contribution in [2.75, 3.05) is 0 Å². The summed E-state index contributed by atoms with van der Waals surface area (Å²) in [7, 11) is 0. The Bertz CT molecular complexity index is 246. The smallest absolute Gasteiger partial charge is 0.189 e. The number of hydrogen-bond donors (Lipinski definition) is 2. The number of aliphatic imine (C=N–C) groups is 1. The molecule has 1 fully saturated rings. The minimum absolute atomic E-state index is 0.0279. The van der Waals surface area contributed by atoms with Gasteiger partial charge in [0, 0.05) is 0 Å². The van der Waals surface area contributed by atoms with Gasteiger partial charge in [-0.1, -0.05) is 32.1 Å². The topological polar surface area (TPSA) is 50.4 Å². The minimum atomic E-state index is 0.0279. The van der Waals surface area contributed by atoms with E-state index >= 15 is 0 Å². The van der Waals surface area contributed by atoms with Gasteiger partial charge < -0.3 is 11.1 Å². The first-order chi connectivity index (χ1) is 7.26. The molecule has 0 aliphatic heterocycles. The number of guanidine groups is 1. The lowest BCUT2D eigenvalue weighted by atomic mass is 10.2. The molecule has 3 heteroatoms. The van der Waals surface area contributed by atoms with Gasteiger partial charge in [-0.2, -0.15) is 0 Å². The summed E-state index contributed by atoms with van der Waals surface area (Å²) >= 11 is 0. The van der Waals surface area contributed by atoms with Crippen LogP contribution in [0.2, 0.25) is 0 Å². The fourth-order valence-electron chi connectivity index (χ4n) is 1.93. The fraction of sp³-hybridized carbons (Fsp3) is 0.750. The van der Waals surface area contributed by atoms with Gasteiger partial charge in [-0.25, -0.2) is 0 Å². The Hall–Kier alpha value is -1.17. The Morgan fingerprint density at radius 2 is 2.27 bits per heavy atom. The van der Waals surface area contributed by atoms with Gasteiger partial charge in [0.2, 0.25) is 0 Å². The largest absolute Gasteiger partial charge is 0.370 e. The van der Waals surface area contributed by atoms with Crippen LogP contribution in [0.4, 0.5) is 0 Å². The number of nitrogens with zero attached hydrogens (tertiary/aromatic N) is 1. The average Bonchev–Trinajstić information content (AvgIpc) is 2.69. The first-order valence-corrected chi connectivity index (χ1v) is 5.82. The third-order valence-corrected chi connectivity index (χ3v) is 2.75. The van der Waals surface area contributed by atoms with Crippen LogP contribution >= 0.6 is 0 Å². The quantitative estimate of drug-likeness (QED) is 0.418. The van der Waals surface area contributed by atoms with Crippen LogP contribution in [0.5, 0.6) is 0 Å². The molecule has 0 amide bonds. The van der Waals surface area contributed by atoms with Crippen LogP contribution < -0.4 is 11.1 Å². The molecule has 0 spiro atoms. The Kier molecular flexibility index (Phi) is 5.03. The maximum Gasteiger partial charge on any atom is 0.189 e. The van der Waals surface area contributed by atoms with Crippen molar-refractivity contribution in [1.29, 1.82) is 0 Å². The lowest BCUT2D eigenvalue weighted by Gasteiger charge is -2.13. The molecule has 15 heavy (non-hydrogen) atoms. The first kappa shape index (κ1) is 11.9. The lowest BCUT2D eigenvalue weighted by molar-refractivity contribution is 0.644. The van der Waals surface area contributed by atoms with Crippen molar-refractivity contribution in [2.45, 2.75) is 57.5 Å². The highest BCUT2D eigenvalue weighted by Crippen LogP contribution is 2.20. The third kappa shape index (κ3) is 4.24. The predicted octanol–water partition coefficient (Wildman–Crippen LogP) is 1.64. The molecule has 0 saturated heterocycles. The highest BCUT2D eigenvalue weighted by atomic mass is 15.1. The lowest BCUT2D eigenvalue weighted by Crippen LogP contribution is -2.39. The molecule has 1 aliphatic rings. The van der Waals surface area contributed by atoms with E-state index in [1.54, 1.807) is 0 Å². The summed E-state index contributed by atoms with van der Waals surface area (Å²) < 4.78 is 0. The van der Waals surface area contributed by atoms with Crippen LogP contribution in [0.25, 0.3) is 0 Å².